The maximum absolute atomic E-state index is 9.75. The molecule has 0 aromatic carbocycles. The Morgan fingerprint density at radius 3 is 2.00 bits per heavy atom. The van der Waals surface area contributed by atoms with Crippen LogP contribution in [0.25, 0.3) is 0 Å². The molecule has 2 rings (SSSR count). The van der Waals surface area contributed by atoms with E-state index in [2.05, 4.69) is 0 Å². The van der Waals surface area contributed by atoms with Crippen LogP contribution in [0.2, 0.25) is 0 Å². The van der Waals surface area contributed by atoms with Crippen molar-refractivity contribution < 1.29 is 50.0 Å². The molecular formula is C11H18O10. The minimum absolute atomic E-state index is 0.561. The molecule has 2 aliphatic heterocycles. The van der Waals surface area contributed by atoms with Crippen LogP contribution in [0.3, 0.4) is 0 Å². The summed E-state index contributed by atoms with van der Waals surface area (Å²) >= 11 is 0. The van der Waals surface area contributed by atoms with Crippen LogP contribution >= 0.6 is 0 Å². The molecule has 0 amide bonds. The normalized spacial score (nSPS) is 44.3. The lowest BCUT2D eigenvalue weighted by molar-refractivity contribution is -0.249. The topological polar surface area (TPSA) is 169 Å². The summed E-state index contributed by atoms with van der Waals surface area (Å²) in [6, 6.07) is 0. The van der Waals surface area contributed by atoms with E-state index in [0.29, 0.717) is 0 Å². The lowest BCUT2D eigenvalue weighted by Gasteiger charge is -2.34. The van der Waals surface area contributed by atoms with Gasteiger partial charge < -0.3 is 50.0 Å². The van der Waals surface area contributed by atoms with Crippen LogP contribution in [0, 0.1) is 0 Å². The Morgan fingerprint density at radius 2 is 1.48 bits per heavy atom. The second-order valence-corrected chi connectivity index (χ2v) is 4.74. The maximum atomic E-state index is 9.75. The van der Waals surface area contributed by atoms with Gasteiger partial charge in [-0.3, -0.25) is 0 Å². The molecule has 0 aliphatic carbocycles. The molecule has 0 saturated carbocycles. The third kappa shape index (κ3) is 2.98. The molecule has 1 fully saturated rings. The highest BCUT2D eigenvalue weighted by Gasteiger charge is 2.47. The van der Waals surface area contributed by atoms with Crippen molar-refractivity contribution >= 4 is 0 Å². The third-order valence-corrected chi connectivity index (χ3v) is 3.37. The van der Waals surface area contributed by atoms with Gasteiger partial charge in [0.05, 0.1) is 13.2 Å². The molecule has 1 saturated heterocycles. The summed E-state index contributed by atoms with van der Waals surface area (Å²) in [6.07, 6.45) is -9.88. The van der Waals surface area contributed by atoms with Crippen LogP contribution in [-0.4, -0.2) is 92.1 Å². The van der Waals surface area contributed by atoms with Crippen molar-refractivity contribution in [1.29, 1.82) is 0 Å². The summed E-state index contributed by atoms with van der Waals surface area (Å²) in [5.74, 6) is -1.68. The van der Waals surface area contributed by atoms with Crippen molar-refractivity contribution in [3.05, 3.63) is 11.5 Å². The second-order valence-electron chi connectivity index (χ2n) is 4.74. The summed E-state index contributed by atoms with van der Waals surface area (Å²) in [7, 11) is 0. The van der Waals surface area contributed by atoms with Crippen molar-refractivity contribution in [3.8, 4) is 0 Å². The molecule has 10 heteroatoms. The first-order chi connectivity index (χ1) is 9.90. The predicted octanol–water partition coefficient (Wildman–Crippen LogP) is -3.15. The smallest absolute Gasteiger partial charge is 0.218 e. The van der Waals surface area contributed by atoms with E-state index < -0.39 is 67.8 Å². The van der Waals surface area contributed by atoms with Gasteiger partial charge in [-0.05, 0) is 0 Å². The first-order valence-corrected chi connectivity index (χ1v) is 6.25. The van der Waals surface area contributed by atoms with E-state index in [9.17, 15) is 25.5 Å². The van der Waals surface area contributed by atoms with E-state index in [1.54, 1.807) is 0 Å². The zero-order valence-corrected chi connectivity index (χ0v) is 10.8. The highest BCUT2D eigenvalue weighted by molar-refractivity contribution is 5.13. The lowest BCUT2D eigenvalue weighted by atomic mass is 10.1. The molecule has 7 atom stereocenters. The highest BCUT2D eigenvalue weighted by Crippen LogP contribution is 2.29. The fourth-order valence-corrected chi connectivity index (χ4v) is 2.16. The Morgan fingerprint density at radius 1 is 0.857 bits per heavy atom. The van der Waals surface area contributed by atoms with E-state index in [1.165, 1.54) is 0 Å². The van der Waals surface area contributed by atoms with Gasteiger partial charge in [-0.25, -0.2) is 0 Å². The lowest BCUT2D eigenvalue weighted by Crippen LogP contribution is -2.48. The molecule has 2 aliphatic rings. The monoisotopic (exact) mass is 310 g/mol. The van der Waals surface area contributed by atoms with E-state index in [1.807, 2.05) is 0 Å². The van der Waals surface area contributed by atoms with E-state index in [4.69, 9.17) is 24.4 Å². The maximum Gasteiger partial charge on any atom is 0.218 e. The number of rotatable bonds is 4. The van der Waals surface area contributed by atoms with Gasteiger partial charge in [0.1, 0.15) is 30.5 Å². The van der Waals surface area contributed by atoms with Gasteiger partial charge in [0, 0.05) is 0 Å². The SMILES string of the molecule is OC[C@H]1O[C@@H](O[C@H]2C(O)=C(O)[C@@H](O)O[C@@H]2CO)[C@H](O)[C@@H]1O. The Balaban J connectivity index is 2.13. The first kappa shape index (κ1) is 16.4. The Bertz CT molecular complexity index is 398. The van der Waals surface area contributed by atoms with Crippen molar-refractivity contribution in [2.45, 2.75) is 43.1 Å². The van der Waals surface area contributed by atoms with Gasteiger partial charge in [0.25, 0.3) is 0 Å². The van der Waals surface area contributed by atoms with E-state index in [0.717, 1.165) is 0 Å². The van der Waals surface area contributed by atoms with Gasteiger partial charge >= 0.3 is 0 Å². The minimum atomic E-state index is -1.81. The van der Waals surface area contributed by atoms with Crippen LogP contribution in [-0.2, 0) is 14.2 Å². The molecule has 122 valence electrons. The van der Waals surface area contributed by atoms with Gasteiger partial charge in [0.15, 0.2) is 17.8 Å². The molecule has 2 heterocycles. The van der Waals surface area contributed by atoms with Gasteiger partial charge in [-0.15, -0.1) is 0 Å². The molecule has 0 unspecified atom stereocenters. The molecule has 0 spiro atoms. The highest BCUT2D eigenvalue weighted by atomic mass is 16.7. The van der Waals surface area contributed by atoms with Crippen molar-refractivity contribution in [1.82, 2.24) is 0 Å². The molecular weight excluding hydrogens is 292 g/mol. The minimum Gasteiger partial charge on any atom is -0.506 e. The number of aliphatic hydroxyl groups is 7. The number of ether oxygens (including phenoxy) is 3. The van der Waals surface area contributed by atoms with Crippen molar-refractivity contribution in [2.24, 2.45) is 0 Å². The average molecular weight is 310 g/mol. The summed E-state index contributed by atoms with van der Waals surface area (Å²) in [4.78, 5) is 0. The molecule has 10 nitrogen and oxygen atoms in total. The number of aliphatic hydroxyl groups excluding tert-OH is 7. The quantitative estimate of drug-likeness (QED) is 0.281. The fraction of sp³-hybridized carbons (Fsp3) is 0.818. The molecule has 0 bridgehead atoms. The predicted molar refractivity (Wildman–Crippen MR) is 62.9 cm³/mol. The summed E-state index contributed by atoms with van der Waals surface area (Å²) < 4.78 is 15.1. The number of hydrogen-bond acceptors (Lipinski definition) is 10. The van der Waals surface area contributed by atoms with E-state index in [-0.39, 0.29) is 0 Å². The van der Waals surface area contributed by atoms with Crippen LogP contribution in [0.1, 0.15) is 0 Å². The zero-order chi connectivity index (χ0) is 15.7. The zero-order valence-electron chi connectivity index (χ0n) is 10.8. The molecule has 0 aromatic heterocycles. The van der Waals surface area contributed by atoms with Crippen LogP contribution < -0.4 is 0 Å². The van der Waals surface area contributed by atoms with Crippen LogP contribution in [0.4, 0.5) is 0 Å². The third-order valence-electron chi connectivity index (χ3n) is 3.37. The first-order valence-electron chi connectivity index (χ1n) is 6.25. The summed E-state index contributed by atoms with van der Waals surface area (Å²) in [5, 5.41) is 65.9. The van der Waals surface area contributed by atoms with Crippen LogP contribution in [0.15, 0.2) is 11.5 Å². The second kappa shape index (κ2) is 6.42. The Labute approximate surface area is 119 Å². The summed E-state index contributed by atoms with van der Waals surface area (Å²) in [5.41, 5.74) is 0. The molecule has 7 N–H and O–H groups in total. The fourth-order valence-electron chi connectivity index (χ4n) is 2.16. The van der Waals surface area contributed by atoms with E-state index >= 15 is 0 Å². The van der Waals surface area contributed by atoms with Gasteiger partial charge in [-0.2, -0.15) is 0 Å². The Hall–Kier alpha value is -0.980. The van der Waals surface area contributed by atoms with Gasteiger partial charge in [-0.1, -0.05) is 0 Å². The van der Waals surface area contributed by atoms with Crippen molar-refractivity contribution in [3.63, 3.8) is 0 Å². The average Bonchev–Trinajstić information content (AvgIpc) is 2.75. The van der Waals surface area contributed by atoms with Gasteiger partial charge in [0.2, 0.25) is 6.29 Å². The standard InChI is InChI=1S/C11H18O10/c12-1-3-5(14)8(17)11(20-3)21-9-4(2-13)19-10(18)7(16)6(9)15/h3-5,8-18H,1-2H2/t3-,4-,5-,8-,9-,10+,11+/m1/s1. The molecule has 0 radical (unpaired) electrons. The van der Waals surface area contributed by atoms with Crippen molar-refractivity contribution in [2.75, 3.05) is 13.2 Å². The summed E-state index contributed by atoms with van der Waals surface area (Å²) in [6.45, 7) is -1.22. The molecule has 21 heavy (non-hydrogen) atoms. The Kier molecular flexibility index (Phi) is 5.01. The molecule has 0 aromatic rings. The largest absolute Gasteiger partial charge is 0.506 e. The number of hydrogen-bond donors (Lipinski definition) is 7. The van der Waals surface area contributed by atoms with Crippen LogP contribution in [0.5, 0.6) is 0 Å².